The minimum Gasteiger partial charge on any atom is -0.497 e. The number of aryl methyl sites for hydroxylation is 1. The molecule has 0 aromatic heterocycles. The Morgan fingerprint density at radius 1 is 0.771 bits per heavy atom. The van der Waals surface area contributed by atoms with Crippen LogP contribution in [0.5, 0.6) is 11.5 Å². The molecule has 3 aromatic carbocycles. The zero-order chi connectivity index (χ0) is 24.9. The Bertz CT molecular complexity index is 1150. The maximum absolute atomic E-state index is 14.8. The summed E-state index contributed by atoms with van der Waals surface area (Å²) >= 11 is 0. The molecule has 1 saturated carbocycles. The van der Waals surface area contributed by atoms with Gasteiger partial charge in [0.25, 0.3) is 0 Å². The van der Waals surface area contributed by atoms with Crippen molar-refractivity contribution in [3.8, 4) is 22.6 Å². The number of ether oxygens (including phenoxy) is 2. The molecule has 35 heavy (non-hydrogen) atoms. The summed E-state index contributed by atoms with van der Waals surface area (Å²) in [4.78, 5) is 0. The summed E-state index contributed by atoms with van der Waals surface area (Å²) < 4.78 is 68.7. The summed E-state index contributed by atoms with van der Waals surface area (Å²) in [5.74, 6) is -2.52. The molecule has 2 nitrogen and oxygen atoms in total. The first kappa shape index (κ1) is 25.1. The Morgan fingerprint density at radius 3 is 2.14 bits per heavy atom. The SMILES string of the molecule is CCOc1ccc(C2CCC(CCc3ccc(-c4ccc(OC)cc4)c(F)c3F)CC2)c(F)c1F. The standard InChI is InChI=1S/C29H30F4O2/c1-3-35-25-17-16-24(28(32)29(25)33)19-7-4-18(5-8-19)6-9-21-12-15-23(27(31)26(21)30)20-10-13-22(34-2)14-11-20/h10-19H,3-9H2,1-2H3. The van der Waals surface area contributed by atoms with Crippen LogP contribution in [0.25, 0.3) is 11.1 Å². The predicted octanol–water partition coefficient (Wildman–Crippen LogP) is 8.22. The second-order valence-electron chi connectivity index (χ2n) is 9.10. The summed E-state index contributed by atoms with van der Waals surface area (Å²) in [6.45, 7) is 2.00. The zero-order valence-corrected chi connectivity index (χ0v) is 20.1. The molecule has 0 amide bonds. The lowest BCUT2D eigenvalue weighted by Crippen LogP contribution is -2.16. The van der Waals surface area contributed by atoms with E-state index in [0.29, 0.717) is 34.8 Å². The average molecular weight is 487 g/mol. The number of benzene rings is 3. The molecule has 0 atom stereocenters. The molecule has 1 aliphatic rings. The Kier molecular flexibility index (Phi) is 7.99. The molecule has 3 aromatic rings. The van der Waals surface area contributed by atoms with Crippen LogP contribution < -0.4 is 9.47 Å². The number of methoxy groups -OCH3 is 1. The van der Waals surface area contributed by atoms with Gasteiger partial charge < -0.3 is 9.47 Å². The molecule has 0 N–H and O–H groups in total. The number of halogens is 4. The van der Waals surface area contributed by atoms with Crippen molar-refractivity contribution >= 4 is 0 Å². The number of rotatable bonds is 8. The summed E-state index contributed by atoms with van der Waals surface area (Å²) in [5, 5.41) is 0. The van der Waals surface area contributed by atoms with Crippen LogP contribution >= 0.6 is 0 Å². The van der Waals surface area contributed by atoms with E-state index in [2.05, 4.69) is 0 Å². The Labute approximate surface area is 203 Å². The number of hydrogen-bond acceptors (Lipinski definition) is 2. The zero-order valence-electron chi connectivity index (χ0n) is 20.1. The van der Waals surface area contributed by atoms with Gasteiger partial charge in [-0.1, -0.05) is 30.3 Å². The second kappa shape index (κ2) is 11.1. The van der Waals surface area contributed by atoms with Crippen molar-refractivity contribution in [3.63, 3.8) is 0 Å². The van der Waals surface area contributed by atoms with Crippen molar-refractivity contribution in [1.82, 2.24) is 0 Å². The van der Waals surface area contributed by atoms with Gasteiger partial charge in [-0.15, -0.1) is 0 Å². The lowest BCUT2D eigenvalue weighted by atomic mass is 9.76. The second-order valence-corrected chi connectivity index (χ2v) is 9.10. The van der Waals surface area contributed by atoms with Gasteiger partial charge in [-0.05, 0) is 92.2 Å². The molecule has 0 aliphatic heterocycles. The van der Waals surface area contributed by atoms with Crippen LogP contribution in [0, 0.1) is 29.2 Å². The fourth-order valence-electron chi connectivity index (χ4n) is 5.03. The lowest BCUT2D eigenvalue weighted by Gasteiger charge is -2.29. The summed E-state index contributed by atoms with van der Waals surface area (Å²) in [6.07, 6.45) is 4.32. The van der Waals surface area contributed by atoms with E-state index < -0.39 is 23.3 Å². The topological polar surface area (TPSA) is 18.5 Å². The van der Waals surface area contributed by atoms with Crippen molar-refractivity contribution in [1.29, 1.82) is 0 Å². The minimum atomic E-state index is -0.929. The van der Waals surface area contributed by atoms with Gasteiger partial charge in [0.05, 0.1) is 13.7 Å². The van der Waals surface area contributed by atoms with Gasteiger partial charge in [-0.25, -0.2) is 13.2 Å². The van der Waals surface area contributed by atoms with E-state index in [1.54, 1.807) is 56.5 Å². The van der Waals surface area contributed by atoms with Gasteiger partial charge in [0.2, 0.25) is 5.82 Å². The fourth-order valence-corrected chi connectivity index (χ4v) is 5.03. The maximum atomic E-state index is 14.8. The van der Waals surface area contributed by atoms with E-state index in [9.17, 15) is 17.6 Å². The average Bonchev–Trinajstić information content (AvgIpc) is 2.88. The summed E-state index contributed by atoms with van der Waals surface area (Å²) in [5.41, 5.74) is 1.57. The van der Waals surface area contributed by atoms with E-state index in [0.717, 1.165) is 32.1 Å². The van der Waals surface area contributed by atoms with Crippen LogP contribution in [0.4, 0.5) is 17.6 Å². The first-order valence-corrected chi connectivity index (χ1v) is 12.1. The third-order valence-electron chi connectivity index (χ3n) is 7.05. The quantitative estimate of drug-likeness (QED) is 0.299. The van der Waals surface area contributed by atoms with E-state index in [1.165, 1.54) is 6.07 Å². The molecule has 6 heteroatoms. The smallest absolute Gasteiger partial charge is 0.200 e. The van der Waals surface area contributed by atoms with Crippen LogP contribution in [-0.2, 0) is 6.42 Å². The number of hydrogen-bond donors (Lipinski definition) is 0. The molecule has 1 fully saturated rings. The highest BCUT2D eigenvalue weighted by Gasteiger charge is 2.27. The first-order chi connectivity index (χ1) is 16.9. The van der Waals surface area contributed by atoms with Crippen LogP contribution in [0.3, 0.4) is 0 Å². The lowest BCUT2D eigenvalue weighted by molar-refractivity contribution is 0.296. The van der Waals surface area contributed by atoms with Crippen molar-refractivity contribution in [2.75, 3.05) is 13.7 Å². The van der Waals surface area contributed by atoms with Crippen LogP contribution in [0.2, 0.25) is 0 Å². The first-order valence-electron chi connectivity index (χ1n) is 12.1. The highest BCUT2D eigenvalue weighted by molar-refractivity contribution is 5.65. The van der Waals surface area contributed by atoms with Crippen molar-refractivity contribution in [2.24, 2.45) is 5.92 Å². The van der Waals surface area contributed by atoms with Crippen LogP contribution in [-0.4, -0.2) is 13.7 Å². The van der Waals surface area contributed by atoms with Gasteiger partial charge in [-0.2, -0.15) is 4.39 Å². The van der Waals surface area contributed by atoms with E-state index in [1.807, 2.05) is 0 Å². The molecule has 0 spiro atoms. The monoisotopic (exact) mass is 486 g/mol. The summed E-state index contributed by atoms with van der Waals surface area (Å²) in [6, 6.07) is 13.2. The highest BCUT2D eigenvalue weighted by Crippen LogP contribution is 2.40. The molecule has 186 valence electrons. The van der Waals surface area contributed by atoms with Crippen molar-refractivity contribution < 1.29 is 27.0 Å². The van der Waals surface area contributed by atoms with E-state index in [4.69, 9.17) is 9.47 Å². The van der Waals surface area contributed by atoms with E-state index in [-0.39, 0.29) is 23.8 Å². The molecule has 4 rings (SSSR count). The largest absolute Gasteiger partial charge is 0.497 e. The minimum absolute atomic E-state index is 0.0469. The van der Waals surface area contributed by atoms with Gasteiger partial charge in [-0.3, -0.25) is 0 Å². The predicted molar refractivity (Wildman–Crippen MR) is 129 cm³/mol. The van der Waals surface area contributed by atoms with Crippen molar-refractivity contribution in [3.05, 3.63) is 82.9 Å². The Morgan fingerprint density at radius 2 is 1.49 bits per heavy atom. The van der Waals surface area contributed by atoms with Crippen LogP contribution in [0.1, 0.15) is 56.1 Å². The molecular weight excluding hydrogens is 456 g/mol. The van der Waals surface area contributed by atoms with Gasteiger partial charge in [0.15, 0.2) is 23.2 Å². The van der Waals surface area contributed by atoms with Gasteiger partial charge >= 0.3 is 0 Å². The molecule has 1 aliphatic carbocycles. The molecule has 0 bridgehead atoms. The van der Waals surface area contributed by atoms with Gasteiger partial charge in [0, 0.05) is 5.56 Å². The Hall–Kier alpha value is -3.02. The molecule has 0 saturated heterocycles. The Balaban J connectivity index is 1.36. The fraction of sp³-hybridized carbons (Fsp3) is 0.379. The van der Waals surface area contributed by atoms with E-state index >= 15 is 0 Å². The van der Waals surface area contributed by atoms with Crippen molar-refractivity contribution in [2.45, 2.75) is 51.4 Å². The normalized spacial score (nSPS) is 17.9. The van der Waals surface area contributed by atoms with Crippen LogP contribution in [0.15, 0.2) is 48.5 Å². The summed E-state index contributed by atoms with van der Waals surface area (Å²) in [7, 11) is 1.55. The molecule has 0 unspecified atom stereocenters. The molecule has 0 radical (unpaired) electrons. The third-order valence-corrected chi connectivity index (χ3v) is 7.05. The molecular formula is C29H30F4O2. The maximum Gasteiger partial charge on any atom is 0.200 e. The highest BCUT2D eigenvalue weighted by atomic mass is 19.2. The molecule has 0 heterocycles. The van der Waals surface area contributed by atoms with Gasteiger partial charge in [0.1, 0.15) is 5.75 Å². The third kappa shape index (κ3) is 5.47.